The second kappa shape index (κ2) is 20.8. The Balaban J connectivity index is 0.000000453. The molecule has 3 aliphatic rings. The molecule has 0 aromatic rings. The summed E-state index contributed by atoms with van der Waals surface area (Å²) >= 11 is 7.28. The Morgan fingerprint density at radius 3 is 0.914 bits per heavy atom. The van der Waals surface area contributed by atoms with Crippen molar-refractivity contribution in [1.82, 2.24) is 0 Å². The molecule has 11 heteroatoms. The fraction of sp³-hybridized carbons (Fsp3) is 0.875. The molecule has 3 rings (SSSR count). The zero-order valence-electron chi connectivity index (χ0n) is 22.6. The van der Waals surface area contributed by atoms with Crippen molar-refractivity contribution in [2.45, 2.75) is 41.5 Å². The van der Waals surface area contributed by atoms with E-state index in [0.29, 0.717) is 17.8 Å². The fourth-order valence-corrected chi connectivity index (χ4v) is 3.44. The van der Waals surface area contributed by atoms with E-state index < -0.39 is 5.69 Å². The van der Waals surface area contributed by atoms with Crippen molar-refractivity contribution in [3.05, 3.63) is 0 Å². The van der Waals surface area contributed by atoms with Crippen LogP contribution in [0.15, 0.2) is 0 Å². The van der Waals surface area contributed by atoms with Gasteiger partial charge in [0.15, 0.2) is 39.3 Å². The van der Waals surface area contributed by atoms with Crippen LogP contribution < -0.4 is 9.79 Å². The molecule has 0 amide bonds. The molecule has 0 atom stereocenters. The van der Waals surface area contributed by atoms with Gasteiger partial charge in [-0.3, -0.25) is 0 Å². The first-order chi connectivity index (χ1) is 16.4. The van der Waals surface area contributed by atoms with Gasteiger partial charge in [-0.15, -0.1) is 0 Å². The van der Waals surface area contributed by atoms with Gasteiger partial charge in [-0.1, -0.05) is 41.5 Å². The van der Waals surface area contributed by atoms with Crippen molar-refractivity contribution >= 4 is 48.4 Å². The maximum Gasteiger partial charge on any atom is 0.165 e. The lowest BCUT2D eigenvalue weighted by atomic mass is 10.2. The molecule has 3 saturated heterocycles. The van der Waals surface area contributed by atoms with Gasteiger partial charge in [0, 0.05) is 17.8 Å². The average Bonchev–Trinajstić information content (AvgIpc) is 2.74. The standard InChI is InChI=1S/3C8H16NO.H3O2PS2/c3*1-8(2)7-9-3-5-10-6-4-9;1-3(2,4)5/h3*7-8H,3-6H2,1-2H3;(H3,1,2,4,5)/q3*+1;/p-3. The highest BCUT2D eigenvalue weighted by atomic mass is 32.9. The smallest absolute Gasteiger partial charge is 0.165 e. The molecule has 3 fully saturated rings. The summed E-state index contributed by atoms with van der Waals surface area (Å²) in [4.78, 5) is 18.6. The van der Waals surface area contributed by atoms with Crippen LogP contribution in [0.25, 0.3) is 0 Å². The van der Waals surface area contributed by atoms with Crippen molar-refractivity contribution in [2.75, 3.05) is 78.9 Å². The fourth-order valence-electron chi connectivity index (χ4n) is 3.44. The van der Waals surface area contributed by atoms with Gasteiger partial charge in [0.05, 0.1) is 0 Å². The second-order valence-electron chi connectivity index (χ2n) is 9.57. The Morgan fingerprint density at radius 2 is 0.771 bits per heavy atom. The molecule has 0 aromatic carbocycles. The van der Waals surface area contributed by atoms with Crippen LogP contribution in [0.4, 0.5) is 0 Å². The Labute approximate surface area is 224 Å². The summed E-state index contributed by atoms with van der Waals surface area (Å²) in [5, 5.41) is 0. The Morgan fingerprint density at radius 1 is 0.600 bits per heavy atom. The van der Waals surface area contributed by atoms with Crippen LogP contribution in [0.2, 0.25) is 0 Å². The SMILES string of the molecule is CC(C)C=[N+]1CCOCC1.CC(C)C=[N+]1CCOCC1.CC(C)C=[N+]1CCOCC1.[O-]P([O-])(=S)[S-]. The monoisotopic (exact) mass is 553 g/mol. The molecule has 0 bridgehead atoms. The minimum absolute atomic E-state index is 0.665. The van der Waals surface area contributed by atoms with Crippen molar-refractivity contribution in [3.63, 3.8) is 0 Å². The highest BCUT2D eigenvalue weighted by molar-refractivity contribution is 8.49. The molecule has 0 N–H and O–H groups in total. The second-order valence-corrected chi connectivity index (χ2v) is 14.0. The Bertz CT molecular complexity index is 586. The molecular weight excluding hydrogens is 505 g/mol. The summed E-state index contributed by atoms with van der Waals surface area (Å²) in [6.07, 6.45) is 6.84. The van der Waals surface area contributed by atoms with Crippen LogP contribution in [0.3, 0.4) is 0 Å². The van der Waals surface area contributed by atoms with Gasteiger partial charge in [0.1, 0.15) is 58.3 Å². The largest absolute Gasteiger partial charge is 0.850 e. The zero-order valence-corrected chi connectivity index (χ0v) is 25.1. The molecule has 8 nitrogen and oxygen atoms in total. The molecule has 3 heterocycles. The molecule has 206 valence electrons. The maximum atomic E-state index is 9.29. The molecule has 0 aliphatic carbocycles. The lowest BCUT2D eigenvalue weighted by Crippen LogP contribution is -2.30. The number of hydrogen-bond donors (Lipinski definition) is 0. The van der Waals surface area contributed by atoms with E-state index in [1.807, 2.05) is 0 Å². The molecular formula is C24H48N3O5PS2. The summed E-state index contributed by atoms with van der Waals surface area (Å²) in [7, 11) is 0. The number of ether oxygens (including phenoxy) is 3. The van der Waals surface area contributed by atoms with E-state index >= 15 is 0 Å². The number of hydrogen-bond acceptors (Lipinski definition) is 7. The topological polar surface area (TPSA) is 82.8 Å². The minimum Gasteiger partial charge on any atom is -0.850 e. The van der Waals surface area contributed by atoms with Crippen LogP contribution in [-0.2, 0) is 38.3 Å². The third-order valence-electron chi connectivity index (χ3n) is 4.66. The number of rotatable bonds is 3. The summed E-state index contributed by atoms with van der Waals surface area (Å²) in [5.41, 5.74) is -3.72. The molecule has 0 unspecified atom stereocenters. The molecule has 0 aromatic heterocycles. The highest BCUT2D eigenvalue weighted by Crippen LogP contribution is 2.16. The van der Waals surface area contributed by atoms with Crippen LogP contribution in [0.5, 0.6) is 0 Å². The lowest BCUT2D eigenvalue weighted by molar-refractivity contribution is -0.546. The Hall–Kier alpha value is -0.190. The zero-order chi connectivity index (χ0) is 26.7. The summed E-state index contributed by atoms with van der Waals surface area (Å²) < 4.78 is 22.7. The number of nitrogens with zero attached hydrogens (tertiary/aromatic N) is 3. The van der Waals surface area contributed by atoms with Gasteiger partial charge < -0.3 is 41.9 Å². The van der Waals surface area contributed by atoms with E-state index in [4.69, 9.17) is 14.2 Å². The third kappa shape index (κ3) is 26.7. The van der Waals surface area contributed by atoms with Crippen LogP contribution >= 0.6 is 5.69 Å². The van der Waals surface area contributed by atoms with Crippen LogP contribution in [-0.4, -0.2) is 111 Å². The van der Waals surface area contributed by atoms with E-state index in [0.717, 1.165) is 78.9 Å². The first-order valence-electron chi connectivity index (χ1n) is 12.6. The van der Waals surface area contributed by atoms with E-state index in [1.54, 1.807) is 0 Å². The summed E-state index contributed by atoms with van der Waals surface area (Å²) in [6, 6.07) is 0. The number of morpholine rings is 3. The van der Waals surface area contributed by atoms with E-state index in [2.05, 4.69) is 98.0 Å². The van der Waals surface area contributed by atoms with Crippen LogP contribution in [0.1, 0.15) is 41.5 Å². The van der Waals surface area contributed by atoms with Crippen LogP contribution in [0, 0.1) is 17.8 Å². The quantitative estimate of drug-likeness (QED) is 0.290. The van der Waals surface area contributed by atoms with Crippen molar-refractivity contribution in [2.24, 2.45) is 17.8 Å². The van der Waals surface area contributed by atoms with E-state index in [-0.39, 0.29) is 0 Å². The Kier molecular flexibility index (Phi) is 20.7. The highest BCUT2D eigenvalue weighted by Gasteiger charge is 2.12. The van der Waals surface area contributed by atoms with Gasteiger partial charge in [-0.2, -0.15) is 11.8 Å². The van der Waals surface area contributed by atoms with Gasteiger partial charge in [0.2, 0.25) is 0 Å². The normalized spacial score (nSPS) is 18.6. The first-order valence-corrected chi connectivity index (χ1v) is 16.2. The van der Waals surface area contributed by atoms with Gasteiger partial charge >= 0.3 is 0 Å². The van der Waals surface area contributed by atoms with Crippen molar-refractivity contribution < 1.29 is 37.7 Å². The predicted octanol–water partition coefficient (Wildman–Crippen LogP) is 0.746. The van der Waals surface area contributed by atoms with E-state index in [9.17, 15) is 9.79 Å². The van der Waals surface area contributed by atoms with Gasteiger partial charge in [-0.05, 0) is 0 Å². The molecule has 3 aliphatic heterocycles. The van der Waals surface area contributed by atoms with Crippen molar-refractivity contribution in [1.29, 1.82) is 0 Å². The molecule has 35 heavy (non-hydrogen) atoms. The molecule has 0 radical (unpaired) electrons. The van der Waals surface area contributed by atoms with E-state index in [1.165, 1.54) is 0 Å². The summed E-state index contributed by atoms with van der Waals surface area (Å²) in [6.45, 7) is 25.0. The van der Waals surface area contributed by atoms with Gasteiger partial charge in [0.25, 0.3) is 0 Å². The first kappa shape index (κ1) is 34.8. The predicted molar refractivity (Wildman–Crippen MR) is 147 cm³/mol. The molecule has 0 saturated carbocycles. The summed E-state index contributed by atoms with van der Waals surface area (Å²) in [5.74, 6) is 1.99. The minimum atomic E-state index is -3.72. The average molecular weight is 554 g/mol. The maximum absolute atomic E-state index is 9.29. The lowest BCUT2D eigenvalue weighted by Gasteiger charge is -2.44. The molecule has 0 spiro atoms. The van der Waals surface area contributed by atoms with Crippen molar-refractivity contribution in [3.8, 4) is 0 Å². The van der Waals surface area contributed by atoms with Gasteiger partial charge in [-0.25, -0.2) is 13.7 Å². The third-order valence-corrected chi connectivity index (χ3v) is 4.66.